The van der Waals surface area contributed by atoms with E-state index in [9.17, 15) is 0 Å². The minimum atomic E-state index is 0.638. The lowest BCUT2D eigenvalue weighted by molar-refractivity contribution is 1.15. The molecule has 0 saturated carbocycles. The number of hydrogen-bond donors (Lipinski definition) is 1. The monoisotopic (exact) mass is 303 g/mol. The molecule has 2 rings (SSSR count). The average molecular weight is 303 g/mol. The molecule has 0 aliphatic rings. The van der Waals surface area contributed by atoms with E-state index in [1.807, 2.05) is 16.8 Å². The second-order valence-electron chi connectivity index (χ2n) is 2.36. The Balaban J connectivity index is 2.15. The first kappa shape index (κ1) is 8.89. The molecule has 2 aromatic rings. The number of halogens is 1. The highest BCUT2D eigenvalue weighted by Gasteiger charge is 1.96. The molecule has 66 valence electrons. The summed E-state index contributed by atoms with van der Waals surface area (Å²) in [6.45, 7) is 0. The Bertz CT molecular complexity index is 371. The molecule has 0 unspecified atom stereocenters. The van der Waals surface area contributed by atoms with Crippen LogP contribution >= 0.6 is 33.9 Å². The van der Waals surface area contributed by atoms with Crippen LogP contribution in [0, 0.1) is 3.57 Å². The van der Waals surface area contributed by atoms with Crippen LogP contribution in [0.1, 0.15) is 0 Å². The van der Waals surface area contributed by atoms with Gasteiger partial charge in [-0.15, -0.1) is 0 Å². The molecule has 0 atom stereocenters. The number of hydrogen-bond acceptors (Lipinski definition) is 4. The molecule has 0 amide bonds. The van der Waals surface area contributed by atoms with Crippen molar-refractivity contribution in [3.05, 3.63) is 32.8 Å². The van der Waals surface area contributed by atoms with Crippen molar-refractivity contribution in [2.24, 2.45) is 0 Å². The van der Waals surface area contributed by atoms with Crippen LogP contribution in [0.3, 0.4) is 0 Å². The van der Waals surface area contributed by atoms with Crippen LogP contribution in [0.2, 0.25) is 0 Å². The molecule has 0 aliphatic carbocycles. The SMILES string of the molecule is Ic1cnc(Nc2ccsc2)nc1. The highest BCUT2D eigenvalue weighted by Crippen LogP contribution is 2.15. The first-order valence-electron chi connectivity index (χ1n) is 3.61. The summed E-state index contributed by atoms with van der Waals surface area (Å²) < 4.78 is 1.04. The van der Waals surface area contributed by atoms with E-state index >= 15 is 0 Å². The molecule has 1 N–H and O–H groups in total. The summed E-state index contributed by atoms with van der Waals surface area (Å²) in [7, 11) is 0. The number of rotatable bonds is 2. The third-order valence-corrected chi connectivity index (χ3v) is 2.64. The van der Waals surface area contributed by atoms with Crippen molar-refractivity contribution in [3.8, 4) is 0 Å². The molecule has 2 heterocycles. The van der Waals surface area contributed by atoms with Gasteiger partial charge in [0.05, 0.1) is 5.69 Å². The molecular formula is C8H6IN3S. The maximum Gasteiger partial charge on any atom is 0.227 e. The van der Waals surface area contributed by atoms with E-state index < -0.39 is 0 Å². The normalized spacial score (nSPS) is 9.92. The minimum Gasteiger partial charge on any atom is -0.323 e. The van der Waals surface area contributed by atoms with Crippen LogP contribution in [0.5, 0.6) is 0 Å². The van der Waals surface area contributed by atoms with E-state index in [-0.39, 0.29) is 0 Å². The van der Waals surface area contributed by atoms with E-state index in [1.165, 1.54) is 0 Å². The fraction of sp³-hybridized carbons (Fsp3) is 0. The van der Waals surface area contributed by atoms with Gasteiger partial charge in [-0.3, -0.25) is 0 Å². The first-order chi connectivity index (χ1) is 6.34. The maximum atomic E-state index is 4.13. The van der Waals surface area contributed by atoms with Gasteiger partial charge in [0, 0.05) is 21.3 Å². The molecule has 0 radical (unpaired) electrons. The molecule has 0 aliphatic heterocycles. The second-order valence-corrected chi connectivity index (χ2v) is 4.39. The van der Waals surface area contributed by atoms with Crippen molar-refractivity contribution in [3.63, 3.8) is 0 Å². The fourth-order valence-corrected chi connectivity index (χ4v) is 1.71. The summed E-state index contributed by atoms with van der Waals surface area (Å²) in [6.07, 6.45) is 3.56. The lowest BCUT2D eigenvalue weighted by atomic mass is 10.5. The summed E-state index contributed by atoms with van der Waals surface area (Å²) in [5, 5.41) is 7.12. The molecular weight excluding hydrogens is 297 g/mol. The predicted molar refractivity (Wildman–Crippen MR) is 62.4 cm³/mol. The summed E-state index contributed by atoms with van der Waals surface area (Å²) in [6, 6.07) is 1.99. The molecule has 0 bridgehead atoms. The van der Waals surface area contributed by atoms with Crippen LogP contribution in [-0.2, 0) is 0 Å². The van der Waals surface area contributed by atoms with E-state index in [0.29, 0.717) is 5.95 Å². The Morgan fingerprint density at radius 2 is 2.08 bits per heavy atom. The highest BCUT2D eigenvalue weighted by molar-refractivity contribution is 14.1. The van der Waals surface area contributed by atoms with Gasteiger partial charge in [-0.2, -0.15) is 11.3 Å². The number of nitrogens with one attached hydrogen (secondary N) is 1. The lowest BCUT2D eigenvalue weighted by Gasteiger charge is -1.99. The van der Waals surface area contributed by atoms with Crippen molar-refractivity contribution in [2.45, 2.75) is 0 Å². The second kappa shape index (κ2) is 4.01. The van der Waals surface area contributed by atoms with Crippen molar-refractivity contribution < 1.29 is 0 Å². The van der Waals surface area contributed by atoms with E-state index in [2.05, 4.69) is 37.9 Å². The van der Waals surface area contributed by atoms with E-state index in [0.717, 1.165) is 9.26 Å². The summed E-state index contributed by atoms with van der Waals surface area (Å²) in [5.41, 5.74) is 1.03. The first-order valence-corrected chi connectivity index (χ1v) is 5.63. The number of thiophene rings is 1. The van der Waals surface area contributed by atoms with Gasteiger partial charge in [0.1, 0.15) is 0 Å². The predicted octanol–water partition coefficient (Wildman–Crippen LogP) is 2.89. The lowest BCUT2D eigenvalue weighted by Crippen LogP contribution is -1.94. The Morgan fingerprint density at radius 3 is 2.69 bits per heavy atom. The van der Waals surface area contributed by atoms with Gasteiger partial charge in [0.2, 0.25) is 5.95 Å². The molecule has 0 aromatic carbocycles. The molecule has 13 heavy (non-hydrogen) atoms. The minimum absolute atomic E-state index is 0.638. The van der Waals surface area contributed by atoms with Crippen LogP contribution in [0.15, 0.2) is 29.2 Å². The van der Waals surface area contributed by atoms with E-state index in [4.69, 9.17) is 0 Å². The van der Waals surface area contributed by atoms with Crippen LogP contribution in [-0.4, -0.2) is 9.97 Å². The Morgan fingerprint density at radius 1 is 1.31 bits per heavy atom. The smallest absolute Gasteiger partial charge is 0.227 e. The zero-order valence-corrected chi connectivity index (χ0v) is 9.54. The molecule has 0 spiro atoms. The van der Waals surface area contributed by atoms with Gasteiger partial charge in [0.25, 0.3) is 0 Å². The Labute approximate surface area is 93.4 Å². The maximum absolute atomic E-state index is 4.13. The fourth-order valence-electron chi connectivity index (χ4n) is 0.842. The quantitative estimate of drug-likeness (QED) is 0.867. The van der Waals surface area contributed by atoms with Gasteiger partial charge >= 0.3 is 0 Å². The number of aromatic nitrogens is 2. The van der Waals surface area contributed by atoms with Gasteiger partial charge in [-0.25, -0.2) is 9.97 Å². The Kier molecular flexibility index (Phi) is 2.74. The topological polar surface area (TPSA) is 37.8 Å². The highest BCUT2D eigenvalue weighted by atomic mass is 127. The van der Waals surface area contributed by atoms with Crippen LogP contribution in [0.4, 0.5) is 11.6 Å². The largest absolute Gasteiger partial charge is 0.323 e. The third kappa shape index (κ3) is 2.38. The van der Waals surface area contributed by atoms with Gasteiger partial charge < -0.3 is 5.32 Å². The summed E-state index contributed by atoms with van der Waals surface area (Å²) in [4.78, 5) is 8.26. The van der Waals surface area contributed by atoms with E-state index in [1.54, 1.807) is 23.7 Å². The van der Waals surface area contributed by atoms with Crippen molar-refractivity contribution in [2.75, 3.05) is 5.32 Å². The number of nitrogens with zero attached hydrogens (tertiary/aromatic N) is 2. The standard InChI is InChI=1S/C8H6IN3S/c9-6-3-10-8(11-4-6)12-7-1-2-13-5-7/h1-5H,(H,10,11,12). The zero-order valence-electron chi connectivity index (χ0n) is 6.57. The summed E-state index contributed by atoms with van der Waals surface area (Å²) in [5.74, 6) is 0.638. The zero-order chi connectivity index (χ0) is 9.10. The van der Waals surface area contributed by atoms with Crippen LogP contribution in [0.25, 0.3) is 0 Å². The van der Waals surface area contributed by atoms with Crippen LogP contribution < -0.4 is 5.32 Å². The molecule has 0 fully saturated rings. The third-order valence-electron chi connectivity index (χ3n) is 1.40. The van der Waals surface area contributed by atoms with Gasteiger partial charge in [-0.1, -0.05) is 0 Å². The molecule has 2 aromatic heterocycles. The number of anilines is 2. The molecule has 5 heteroatoms. The van der Waals surface area contributed by atoms with Gasteiger partial charge in [0.15, 0.2) is 0 Å². The van der Waals surface area contributed by atoms with Crippen molar-refractivity contribution >= 4 is 45.6 Å². The Hall–Kier alpha value is -0.690. The van der Waals surface area contributed by atoms with Gasteiger partial charge in [-0.05, 0) is 34.0 Å². The van der Waals surface area contributed by atoms with Crippen molar-refractivity contribution in [1.29, 1.82) is 0 Å². The molecule has 3 nitrogen and oxygen atoms in total. The van der Waals surface area contributed by atoms with Crippen molar-refractivity contribution in [1.82, 2.24) is 9.97 Å². The molecule has 0 saturated heterocycles. The summed E-state index contributed by atoms with van der Waals surface area (Å²) >= 11 is 3.82. The average Bonchev–Trinajstić information content (AvgIpc) is 2.62.